The Morgan fingerprint density at radius 2 is 1.96 bits per heavy atom. The molecule has 1 amide bonds. The lowest BCUT2D eigenvalue weighted by Crippen LogP contribution is -2.15. The third-order valence-corrected chi connectivity index (χ3v) is 4.57. The molecule has 0 radical (unpaired) electrons. The van der Waals surface area contributed by atoms with E-state index >= 15 is 0 Å². The zero-order valence-electron chi connectivity index (χ0n) is 15.2. The maximum Gasteiger partial charge on any atom is 0.337 e. The van der Waals surface area contributed by atoms with Gasteiger partial charge in [0.15, 0.2) is 0 Å². The van der Waals surface area contributed by atoms with E-state index in [1.165, 1.54) is 23.6 Å². The zero-order chi connectivity index (χ0) is 19.9. The molecule has 0 bridgehead atoms. The maximum atomic E-state index is 12.3. The van der Waals surface area contributed by atoms with Crippen LogP contribution < -0.4 is 10.1 Å². The van der Waals surface area contributed by atoms with E-state index in [9.17, 15) is 9.59 Å². The number of tetrazole rings is 1. The minimum absolute atomic E-state index is 0.0813. The molecule has 3 rings (SSSR count). The van der Waals surface area contributed by atoms with E-state index in [4.69, 9.17) is 4.74 Å². The Morgan fingerprint density at radius 1 is 1.14 bits per heavy atom. The van der Waals surface area contributed by atoms with E-state index < -0.39 is 5.97 Å². The zero-order valence-corrected chi connectivity index (χ0v) is 16.0. The van der Waals surface area contributed by atoms with Gasteiger partial charge in [-0.25, -0.2) is 4.79 Å². The highest BCUT2D eigenvalue weighted by molar-refractivity contribution is 7.99. The summed E-state index contributed by atoms with van der Waals surface area (Å²) in [7, 11) is 2.86. The molecule has 9 nitrogen and oxygen atoms in total. The highest BCUT2D eigenvalue weighted by Gasteiger charge is 2.15. The summed E-state index contributed by atoms with van der Waals surface area (Å²) < 4.78 is 11.5. The molecule has 1 aromatic heterocycles. The second kappa shape index (κ2) is 9.00. The van der Waals surface area contributed by atoms with Crippen LogP contribution in [0.3, 0.4) is 0 Å². The standard InChI is InChI=1S/C18H17N5O4S/c1-26-15-9-4-3-8-14(15)23-18(20-21-22-23)28-11-16(24)19-13-7-5-6-12(10-13)17(25)27-2/h3-10H,11H2,1-2H3,(H,19,24). The average molecular weight is 399 g/mol. The molecule has 1 heterocycles. The quantitative estimate of drug-likeness (QED) is 0.476. The third-order valence-electron chi connectivity index (χ3n) is 3.65. The van der Waals surface area contributed by atoms with Gasteiger partial charge in [-0.05, 0) is 40.8 Å². The Balaban J connectivity index is 1.67. The van der Waals surface area contributed by atoms with Crippen molar-refractivity contribution >= 4 is 29.3 Å². The van der Waals surface area contributed by atoms with Gasteiger partial charge in [0.1, 0.15) is 11.4 Å². The number of nitrogens with zero attached hydrogens (tertiary/aromatic N) is 4. The third kappa shape index (κ3) is 4.46. The summed E-state index contributed by atoms with van der Waals surface area (Å²) >= 11 is 1.18. The number of hydrogen-bond donors (Lipinski definition) is 1. The van der Waals surface area contributed by atoms with Gasteiger partial charge in [-0.3, -0.25) is 4.79 Å². The van der Waals surface area contributed by atoms with Gasteiger partial charge in [-0.2, -0.15) is 4.68 Å². The van der Waals surface area contributed by atoms with Gasteiger partial charge in [0, 0.05) is 5.69 Å². The van der Waals surface area contributed by atoms with Crippen LogP contribution in [0.1, 0.15) is 10.4 Å². The molecule has 0 saturated carbocycles. The van der Waals surface area contributed by atoms with Crippen LogP contribution in [-0.4, -0.2) is 52.1 Å². The van der Waals surface area contributed by atoms with E-state index in [-0.39, 0.29) is 11.7 Å². The molecule has 10 heteroatoms. The molecule has 3 aromatic rings. The maximum absolute atomic E-state index is 12.3. The molecule has 0 aliphatic carbocycles. The van der Waals surface area contributed by atoms with Crippen molar-refractivity contribution in [2.24, 2.45) is 0 Å². The van der Waals surface area contributed by atoms with Crippen molar-refractivity contribution in [2.45, 2.75) is 5.16 Å². The number of nitrogens with one attached hydrogen (secondary N) is 1. The Morgan fingerprint density at radius 3 is 2.75 bits per heavy atom. The van der Waals surface area contributed by atoms with E-state index in [0.29, 0.717) is 27.8 Å². The fourth-order valence-corrected chi connectivity index (χ4v) is 3.08. The van der Waals surface area contributed by atoms with Crippen molar-refractivity contribution in [3.8, 4) is 11.4 Å². The Hall–Kier alpha value is -3.40. The molecule has 0 unspecified atom stereocenters. The molecule has 28 heavy (non-hydrogen) atoms. The minimum atomic E-state index is -0.471. The van der Waals surface area contributed by atoms with Crippen LogP contribution in [0.2, 0.25) is 0 Å². The summed E-state index contributed by atoms with van der Waals surface area (Å²) in [4.78, 5) is 23.9. The van der Waals surface area contributed by atoms with Gasteiger partial charge >= 0.3 is 5.97 Å². The van der Waals surface area contributed by atoms with E-state index in [1.54, 1.807) is 37.4 Å². The van der Waals surface area contributed by atoms with Crippen molar-refractivity contribution in [1.29, 1.82) is 0 Å². The summed E-state index contributed by atoms with van der Waals surface area (Å²) in [6, 6.07) is 13.8. The van der Waals surface area contributed by atoms with E-state index in [2.05, 4.69) is 25.6 Å². The molecule has 1 N–H and O–H groups in total. The van der Waals surface area contributed by atoms with Gasteiger partial charge in [0.25, 0.3) is 0 Å². The van der Waals surface area contributed by atoms with Gasteiger partial charge in [0.05, 0.1) is 25.5 Å². The minimum Gasteiger partial charge on any atom is -0.494 e. The van der Waals surface area contributed by atoms with Crippen molar-refractivity contribution in [3.63, 3.8) is 0 Å². The number of methoxy groups -OCH3 is 2. The number of para-hydroxylation sites is 2. The molecule has 0 spiro atoms. The van der Waals surface area contributed by atoms with Crippen LogP contribution in [0.4, 0.5) is 5.69 Å². The largest absolute Gasteiger partial charge is 0.494 e. The van der Waals surface area contributed by atoms with E-state index in [0.717, 1.165) is 0 Å². The molecule has 144 valence electrons. The number of aromatic nitrogens is 4. The number of carbonyl (C=O) groups is 2. The second-order valence-corrected chi connectivity index (χ2v) is 6.40. The van der Waals surface area contributed by atoms with Gasteiger partial charge in [0.2, 0.25) is 11.1 Å². The van der Waals surface area contributed by atoms with E-state index in [1.807, 2.05) is 18.2 Å². The Labute approximate surface area is 165 Å². The van der Waals surface area contributed by atoms with Crippen LogP contribution in [-0.2, 0) is 9.53 Å². The number of thioether (sulfide) groups is 1. The number of benzene rings is 2. The molecule has 0 atom stereocenters. The van der Waals surface area contributed by atoms with Crippen LogP contribution >= 0.6 is 11.8 Å². The van der Waals surface area contributed by atoms with Crippen molar-refractivity contribution in [2.75, 3.05) is 25.3 Å². The van der Waals surface area contributed by atoms with Crippen LogP contribution in [0.25, 0.3) is 5.69 Å². The summed E-state index contributed by atoms with van der Waals surface area (Å²) in [5, 5.41) is 14.8. The first-order valence-electron chi connectivity index (χ1n) is 8.15. The Bertz CT molecular complexity index is 991. The fourth-order valence-electron chi connectivity index (χ4n) is 2.39. The lowest BCUT2D eigenvalue weighted by molar-refractivity contribution is -0.113. The van der Waals surface area contributed by atoms with Crippen LogP contribution in [0.5, 0.6) is 5.75 Å². The first-order valence-corrected chi connectivity index (χ1v) is 9.13. The summed E-state index contributed by atoms with van der Waals surface area (Å²) in [6.45, 7) is 0. The number of ether oxygens (including phenoxy) is 2. The number of carbonyl (C=O) groups excluding carboxylic acids is 2. The summed E-state index contributed by atoms with van der Waals surface area (Å²) in [5.74, 6) is -0.0402. The van der Waals surface area contributed by atoms with Gasteiger partial charge < -0.3 is 14.8 Å². The van der Waals surface area contributed by atoms with Crippen molar-refractivity contribution in [1.82, 2.24) is 20.2 Å². The highest BCUT2D eigenvalue weighted by Crippen LogP contribution is 2.25. The van der Waals surface area contributed by atoms with Crippen molar-refractivity contribution in [3.05, 3.63) is 54.1 Å². The number of hydrogen-bond acceptors (Lipinski definition) is 8. The number of esters is 1. The molecule has 0 fully saturated rings. The lowest BCUT2D eigenvalue weighted by Gasteiger charge is -2.09. The topological polar surface area (TPSA) is 108 Å². The van der Waals surface area contributed by atoms with Gasteiger partial charge in [-0.15, -0.1) is 5.10 Å². The lowest BCUT2D eigenvalue weighted by atomic mass is 10.2. The SMILES string of the molecule is COC(=O)c1cccc(NC(=O)CSc2nnnn2-c2ccccc2OC)c1. The first kappa shape index (κ1) is 19.4. The van der Waals surface area contributed by atoms with Crippen LogP contribution in [0, 0.1) is 0 Å². The normalized spacial score (nSPS) is 10.4. The molecule has 2 aromatic carbocycles. The molecule has 0 aliphatic heterocycles. The summed E-state index contributed by atoms with van der Waals surface area (Å²) in [6.07, 6.45) is 0. The monoisotopic (exact) mass is 399 g/mol. The fraction of sp³-hybridized carbons (Fsp3) is 0.167. The molecule has 0 saturated heterocycles. The highest BCUT2D eigenvalue weighted by atomic mass is 32.2. The predicted molar refractivity (Wildman–Crippen MR) is 103 cm³/mol. The summed E-state index contributed by atoms with van der Waals surface area (Å²) in [5.41, 5.74) is 1.52. The first-order chi connectivity index (χ1) is 13.6. The van der Waals surface area contributed by atoms with Gasteiger partial charge in [-0.1, -0.05) is 30.0 Å². The van der Waals surface area contributed by atoms with Crippen molar-refractivity contribution < 1.29 is 19.1 Å². The molecule has 0 aliphatic rings. The average Bonchev–Trinajstić information content (AvgIpc) is 3.20. The predicted octanol–water partition coefficient (Wildman–Crippen LogP) is 2.19. The number of anilines is 1. The Kier molecular flexibility index (Phi) is 6.22. The second-order valence-electron chi connectivity index (χ2n) is 5.45. The van der Waals surface area contributed by atoms with Crippen LogP contribution in [0.15, 0.2) is 53.7 Å². The molecular formula is C18H17N5O4S. The number of rotatable bonds is 7. The molecular weight excluding hydrogens is 382 g/mol. The smallest absolute Gasteiger partial charge is 0.337 e. The number of amides is 1.